The van der Waals surface area contributed by atoms with E-state index >= 15 is 0 Å². The zero-order valence-corrected chi connectivity index (χ0v) is 16.8. The van der Waals surface area contributed by atoms with Gasteiger partial charge in [0.05, 0.1) is 16.7 Å². The van der Waals surface area contributed by atoms with Crippen LogP contribution in [0.15, 0.2) is 40.8 Å². The first-order chi connectivity index (χ1) is 13.4. The van der Waals surface area contributed by atoms with Crippen molar-refractivity contribution in [2.75, 3.05) is 12.3 Å². The van der Waals surface area contributed by atoms with Gasteiger partial charge in [-0.25, -0.2) is 4.98 Å². The van der Waals surface area contributed by atoms with Gasteiger partial charge in [-0.15, -0.1) is 6.58 Å². The quantitative estimate of drug-likeness (QED) is 0.439. The number of fused-ring (bicyclic) bond motifs is 1. The van der Waals surface area contributed by atoms with Crippen LogP contribution in [-0.2, 0) is 16.1 Å². The molecule has 9 heteroatoms. The lowest BCUT2D eigenvalue weighted by molar-refractivity contribution is -0.138. The van der Waals surface area contributed by atoms with Gasteiger partial charge in [0.1, 0.15) is 6.04 Å². The van der Waals surface area contributed by atoms with Crippen LogP contribution in [0.2, 0.25) is 5.02 Å². The maximum Gasteiger partial charge on any atom is 0.262 e. The van der Waals surface area contributed by atoms with Gasteiger partial charge in [0, 0.05) is 18.1 Å². The summed E-state index contributed by atoms with van der Waals surface area (Å²) >= 11 is 7.16. The Bertz CT molecular complexity index is 991. The summed E-state index contributed by atoms with van der Waals surface area (Å²) in [5, 5.41) is 1.28. The highest BCUT2D eigenvalue weighted by Gasteiger charge is 2.30. The summed E-state index contributed by atoms with van der Waals surface area (Å²) in [6.07, 6.45) is 3.90. The highest BCUT2D eigenvalue weighted by atomic mass is 35.5. The molecule has 7 nitrogen and oxygen atoms in total. The number of nitrogens with two attached hydrogens (primary N) is 1. The molecular formula is C19H21ClN4O3S. The number of rotatable bonds is 6. The van der Waals surface area contributed by atoms with Crippen LogP contribution >= 0.6 is 23.4 Å². The van der Waals surface area contributed by atoms with Crippen LogP contribution < -0.4 is 11.3 Å². The molecular weight excluding hydrogens is 400 g/mol. The fourth-order valence-corrected chi connectivity index (χ4v) is 4.37. The average molecular weight is 421 g/mol. The van der Waals surface area contributed by atoms with Crippen LogP contribution in [0.3, 0.4) is 0 Å². The predicted molar refractivity (Wildman–Crippen MR) is 110 cm³/mol. The molecule has 1 atom stereocenters. The van der Waals surface area contributed by atoms with Crippen LogP contribution in [-0.4, -0.2) is 44.6 Å². The van der Waals surface area contributed by atoms with Crippen molar-refractivity contribution in [2.45, 2.75) is 37.0 Å². The van der Waals surface area contributed by atoms with E-state index in [9.17, 15) is 14.4 Å². The highest BCUT2D eigenvalue weighted by molar-refractivity contribution is 7.99. The number of benzene rings is 1. The Hall–Kier alpha value is -2.32. The van der Waals surface area contributed by atoms with Crippen molar-refractivity contribution in [3.05, 3.63) is 46.2 Å². The molecule has 2 aromatic rings. The monoisotopic (exact) mass is 420 g/mol. The largest absolute Gasteiger partial charge is 0.368 e. The molecule has 0 spiro atoms. The zero-order chi connectivity index (χ0) is 20.3. The van der Waals surface area contributed by atoms with Gasteiger partial charge in [0.15, 0.2) is 5.16 Å². The van der Waals surface area contributed by atoms with Crippen LogP contribution in [0.25, 0.3) is 10.9 Å². The summed E-state index contributed by atoms with van der Waals surface area (Å²) in [5.41, 5.74) is 5.71. The number of hydrogen-bond donors (Lipinski definition) is 1. The van der Waals surface area contributed by atoms with E-state index in [0.717, 1.165) is 24.6 Å². The summed E-state index contributed by atoms with van der Waals surface area (Å²) in [4.78, 5) is 43.2. The van der Waals surface area contributed by atoms with Crippen LogP contribution in [0.4, 0.5) is 0 Å². The maximum atomic E-state index is 12.8. The van der Waals surface area contributed by atoms with Gasteiger partial charge in [-0.2, -0.15) is 0 Å². The van der Waals surface area contributed by atoms with Crippen molar-refractivity contribution in [1.82, 2.24) is 14.5 Å². The third-order valence-corrected chi connectivity index (χ3v) is 5.87. The number of halogens is 1. The molecule has 2 N–H and O–H groups in total. The lowest BCUT2D eigenvalue weighted by Crippen LogP contribution is -2.51. The van der Waals surface area contributed by atoms with Gasteiger partial charge < -0.3 is 10.6 Å². The molecule has 1 aromatic heterocycles. The first-order valence-corrected chi connectivity index (χ1v) is 10.3. The molecule has 3 rings (SSSR count). The minimum atomic E-state index is -0.566. The molecule has 1 aliphatic heterocycles. The van der Waals surface area contributed by atoms with Crippen molar-refractivity contribution in [3.8, 4) is 0 Å². The lowest BCUT2D eigenvalue weighted by atomic mass is 10.0. The number of primary amides is 1. The van der Waals surface area contributed by atoms with Gasteiger partial charge in [0.2, 0.25) is 11.8 Å². The normalized spacial score (nSPS) is 16.9. The SMILES string of the molecule is C=CCn1c(SCC(=O)N2CCCC[C@@H]2C(N)=O)nc2ccc(Cl)cc2c1=O. The number of piperidine rings is 1. The van der Waals surface area contributed by atoms with Crippen molar-refractivity contribution in [1.29, 1.82) is 0 Å². The van der Waals surface area contributed by atoms with E-state index in [2.05, 4.69) is 11.6 Å². The summed E-state index contributed by atoms with van der Waals surface area (Å²) in [6.45, 7) is 4.46. The third-order valence-electron chi connectivity index (χ3n) is 4.67. The molecule has 0 saturated carbocycles. The second kappa shape index (κ2) is 8.79. The molecule has 1 fully saturated rings. The molecule has 2 amide bonds. The van der Waals surface area contributed by atoms with E-state index in [1.54, 1.807) is 24.3 Å². The molecule has 1 aliphatic rings. The van der Waals surface area contributed by atoms with Crippen LogP contribution in [0.1, 0.15) is 19.3 Å². The summed E-state index contributed by atoms with van der Waals surface area (Å²) in [6, 6.07) is 4.36. The van der Waals surface area contributed by atoms with E-state index in [4.69, 9.17) is 17.3 Å². The number of likely N-dealkylation sites (tertiary alicyclic amines) is 1. The fourth-order valence-electron chi connectivity index (χ4n) is 3.31. The molecule has 2 heterocycles. The fraction of sp³-hybridized carbons (Fsp3) is 0.368. The molecule has 0 bridgehead atoms. The Labute approximate surface area is 171 Å². The van der Waals surface area contributed by atoms with E-state index in [1.807, 2.05) is 0 Å². The molecule has 0 aliphatic carbocycles. The summed E-state index contributed by atoms with van der Waals surface area (Å²) in [7, 11) is 0. The molecule has 0 unspecified atom stereocenters. The number of thioether (sulfide) groups is 1. The number of aromatic nitrogens is 2. The molecule has 1 saturated heterocycles. The van der Waals surface area contributed by atoms with Crippen molar-refractivity contribution in [2.24, 2.45) is 5.73 Å². The maximum absolute atomic E-state index is 12.8. The van der Waals surface area contributed by atoms with Gasteiger partial charge >= 0.3 is 0 Å². The topological polar surface area (TPSA) is 98.3 Å². The van der Waals surface area contributed by atoms with E-state index in [-0.39, 0.29) is 23.8 Å². The van der Waals surface area contributed by atoms with Crippen molar-refractivity contribution in [3.63, 3.8) is 0 Å². The molecule has 1 aromatic carbocycles. The van der Waals surface area contributed by atoms with Gasteiger partial charge in [-0.3, -0.25) is 19.0 Å². The number of nitrogens with zero attached hydrogens (tertiary/aromatic N) is 3. The van der Waals surface area contributed by atoms with Gasteiger partial charge in [-0.05, 0) is 37.5 Å². The number of amides is 2. The van der Waals surface area contributed by atoms with Gasteiger partial charge in [-0.1, -0.05) is 29.4 Å². The van der Waals surface area contributed by atoms with Crippen LogP contribution in [0.5, 0.6) is 0 Å². The second-order valence-corrected chi connectivity index (χ2v) is 7.93. The third kappa shape index (κ3) is 4.23. The smallest absolute Gasteiger partial charge is 0.262 e. The Morgan fingerprint density at radius 3 is 2.89 bits per heavy atom. The minimum absolute atomic E-state index is 0.0620. The van der Waals surface area contributed by atoms with Crippen molar-refractivity contribution >= 4 is 46.1 Å². The molecule has 28 heavy (non-hydrogen) atoms. The van der Waals surface area contributed by atoms with E-state index < -0.39 is 11.9 Å². The lowest BCUT2D eigenvalue weighted by Gasteiger charge is -2.33. The van der Waals surface area contributed by atoms with E-state index in [0.29, 0.717) is 34.0 Å². The summed E-state index contributed by atoms with van der Waals surface area (Å²) < 4.78 is 1.46. The highest BCUT2D eigenvalue weighted by Crippen LogP contribution is 2.23. The Morgan fingerprint density at radius 2 is 2.18 bits per heavy atom. The zero-order valence-electron chi connectivity index (χ0n) is 15.3. The number of carbonyl (C=O) groups excluding carboxylic acids is 2. The first kappa shape index (κ1) is 20.4. The Balaban J connectivity index is 1.87. The van der Waals surface area contributed by atoms with Crippen molar-refractivity contribution < 1.29 is 9.59 Å². The predicted octanol–water partition coefficient (Wildman–Crippen LogP) is 2.19. The number of allylic oxidation sites excluding steroid dienone is 1. The first-order valence-electron chi connectivity index (χ1n) is 8.95. The molecule has 148 valence electrons. The molecule has 0 radical (unpaired) electrons. The average Bonchev–Trinajstić information content (AvgIpc) is 2.69. The van der Waals surface area contributed by atoms with Crippen LogP contribution in [0, 0.1) is 0 Å². The minimum Gasteiger partial charge on any atom is -0.368 e. The number of hydrogen-bond acceptors (Lipinski definition) is 5. The summed E-state index contributed by atoms with van der Waals surface area (Å²) in [5.74, 6) is -0.613. The van der Waals surface area contributed by atoms with Gasteiger partial charge in [0.25, 0.3) is 5.56 Å². The Morgan fingerprint density at radius 1 is 1.39 bits per heavy atom. The number of carbonyl (C=O) groups is 2. The van der Waals surface area contributed by atoms with E-state index in [1.165, 1.54) is 9.47 Å². The second-order valence-electron chi connectivity index (χ2n) is 6.55. The standard InChI is InChI=1S/C19H21ClN4O3S/c1-2-8-24-18(27)13-10-12(20)6-7-14(13)22-19(24)28-11-16(25)23-9-4-3-5-15(23)17(21)26/h2,6-7,10,15H,1,3-5,8-9,11H2,(H2,21,26)/t15-/m1/s1. The Kier molecular flexibility index (Phi) is 6.41.